The van der Waals surface area contributed by atoms with Crippen molar-refractivity contribution in [2.75, 3.05) is 60.2 Å². The van der Waals surface area contributed by atoms with E-state index in [1.807, 2.05) is 0 Å². The Hall–Kier alpha value is -0.490. The topological polar surface area (TPSA) is 24.9 Å². The first-order valence-corrected chi connectivity index (χ1v) is 6.47. The molecule has 2 rings (SSSR count). The molecule has 18 heavy (non-hydrogen) atoms. The fraction of sp³-hybridized carbons (Fsp3) is 0.846. The van der Waals surface area contributed by atoms with Crippen molar-refractivity contribution in [1.82, 2.24) is 9.80 Å². The minimum absolute atomic E-state index is 0.0430. The van der Waals surface area contributed by atoms with Crippen molar-refractivity contribution < 1.29 is 13.9 Å². The Morgan fingerprint density at radius 2 is 2.17 bits per heavy atom. The highest BCUT2D eigenvalue weighted by Crippen LogP contribution is 2.36. The van der Waals surface area contributed by atoms with E-state index in [9.17, 15) is 4.39 Å². The average molecular weight is 258 g/mol. The van der Waals surface area contributed by atoms with E-state index in [1.165, 1.54) is 0 Å². The smallest absolute Gasteiger partial charge is 0.0872 e. The van der Waals surface area contributed by atoms with Gasteiger partial charge in [-0.3, -0.25) is 9.80 Å². The Morgan fingerprint density at radius 1 is 1.33 bits per heavy atom. The van der Waals surface area contributed by atoms with Gasteiger partial charge in [0.2, 0.25) is 0 Å². The molecule has 5 heteroatoms. The van der Waals surface area contributed by atoms with Gasteiger partial charge in [0, 0.05) is 46.9 Å². The maximum Gasteiger partial charge on any atom is 0.0872 e. The molecule has 2 aliphatic heterocycles. The average Bonchev–Trinajstić information content (AvgIpc) is 2.74. The maximum absolute atomic E-state index is 12.8. The molecule has 2 fully saturated rings. The van der Waals surface area contributed by atoms with Crippen LogP contribution in [0.25, 0.3) is 0 Å². The number of methoxy groups -OCH3 is 2. The third kappa shape index (κ3) is 2.74. The number of rotatable bonds is 5. The van der Waals surface area contributed by atoms with Gasteiger partial charge in [0.15, 0.2) is 0 Å². The first-order chi connectivity index (χ1) is 8.74. The molecule has 4 nitrogen and oxygen atoms in total. The molecular weight excluding hydrogens is 235 g/mol. The van der Waals surface area contributed by atoms with Gasteiger partial charge in [0.1, 0.15) is 0 Å². The lowest BCUT2D eigenvalue weighted by molar-refractivity contribution is -0.0283. The highest BCUT2D eigenvalue weighted by atomic mass is 19.1. The Bertz CT molecular complexity index is 311. The van der Waals surface area contributed by atoms with E-state index in [4.69, 9.17) is 9.47 Å². The molecule has 104 valence electrons. The van der Waals surface area contributed by atoms with Gasteiger partial charge in [0.05, 0.1) is 25.1 Å². The normalized spacial score (nSPS) is 32.1. The summed E-state index contributed by atoms with van der Waals surface area (Å²) in [6, 6.07) is 0. The fourth-order valence-electron chi connectivity index (χ4n) is 3.17. The van der Waals surface area contributed by atoms with E-state index in [-0.39, 0.29) is 5.54 Å². The highest BCUT2D eigenvalue weighted by molar-refractivity contribution is 5.19. The Morgan fingerprint density at radius 3 is 2.83 bits per heavy atom. The molecule has 0 aromatic heterocycles. The molecule has 0 aromatic carbocycles. The van der Waals surface area contributed by atoms with Gasteiger partial charge in [-0.25, -0.2) is 4.39 Å². The van der Waals surface area contributed by atoms with Crippen molar-refractivity contribution in [1.29, 1.82) is 0 Å². The zero-order valence-electron chi connectivity index (χ0n) is 11.3. The summed E-state index contributed by atoms with van der Waals surface area (Å²) in [5.41, 5.74) is 0.846. The van der Waals surface area contributed by atoms with Gasteiger partial charge in [-0.15, -0.1) is 0 Å². The quantitative estimate of drug-likeness (QED) is 0.731. The van der Waals surface area contributed by atoms with E-state index in [0.717, 1.165) is 57.7 Å². The summed E-state index contributed by atoms with van der Waals surface area (Å²) in [6.07, 6.45) is 1.55. The highest BCUT2D eigenvalue weighted by Gasteiger charge is 2.46. The molecule has 0 amide bonds. The van der Waals surface area contributed by atoms with Crippen molar-refractivity contribution in [3.8, 4) is 0 Å². The second-order valence-corrected chi connectivity index (χ2v) is 5.29. The van der Waals surface area contributed by atoms with Crippen molar-refractivity contribution in [3.63, 3.8) is 0 Å². The summed E-state index contributed by atoms with van der Waals surface area (Å²) in [5.74, 6) is 0. The first kappa shape index (κ1) is 13.9. The second kappa shape index (κ2) is 6.10. The van der Waals surface area contributed by atoms with Crippen LogP contribution in [0.4, 0.5) is 4.39 Å². The molecule has 0 saturated carbocycles. The van der Waals surface area contributed by atoms with Crippen molar-refractivity contribution in [2.45, 2.75) is 12.0 Å². The lowest BCUT2D eigenvalue weighted by atomic mass is 9.93. The maximum atomic E-state index is 12.8. The van der Waals surface area contributed by atoms with Crippen LogP contribution >= 0.6 is 0 Å². The SMILES string of the molecule is COCCN1CCN2C/C(=C\F)C[C@]2(COC)C1. The molecule has 0 N–H and O–H groups in total. The summed E-state index contributed by atoms with van der Waals surface area (Å²) in [6.45, 7) is 6.02. The fourth-order valence-corrected chi connectivity index (χ4v) is 3.17. The first-order valence-electron chi connectivity index (χ1n) is 6.47. The Kier molecular flexibility index (Phi) is 4.72. The molecule has 1 atom stereocenters. The Labute approximate surface area is 108 Å². The summed E-state index contributed by atoms with van der Waals surface area (Å²) in [4.78, 5) is 4.76. The van der Waals surface area contributed by atoms with Crippen molar-refractivity contribution >= 4 is 0 Å². The summed E-state index contributed by atoms with van der Waals surface area (Å²) in [5, 5.41) is 0. The predicted molar refractivity (Wildman–Crippen MR) is 68.3 cm³/mol. The van der Waals surface area contributed by atoms with Crippen molar-refractivity contribution in [3.05, 3.63) is 11.9 Å². The molecular formula is C13H23FN2O2. The molecule has 0 spiro atoms. The van der Waals surface area contributed by atoms with Gasteiger partial charge >= 0.3 is 0 Å². The van der Waals surface area contributed by atoms with Crippen LogP contribution in [-0.2, 0) is 9.47 Å². The minimum Gasteiger partial charge on any atom is -0.383 e. The third-order valence-corrected chi connectivity index (χ3v) is 4.00. The van der Waals surface area contributed by atoms with Gasteiger partial charge < -0.3 is 9.47 Å². The van der Waals surface area contributed by atoms with Crippen LogP contribution in [0.15, 0.2) is 11.9 Å². The predicted octanol–water partition coefficient (Wildman–Crippen LogP) is 0.893. The summed E-state index contributed by atoms with van der Waals surface area (Å²) >= 11 is 0. The number of fused-ring (bicyclic) bond motifs is 1. The molecule has 0 radical (unpaired) electrons. The second-order valence-electron chi connectivity index (χ2n) is 5.29. The zero-order valence-corrected chi connectivity index (χ0v) is 11.3. The zero-order chi connectivity index (χ0) is 13.0. The van der Waals surface area contributed by atoms with Crippen molar-refractivity contribution in [2.24, 2.45) is 0 Å². The number of hydrogen-bond donors (Lipinski definition) is 0. The van der Waals surface area contributed by atoms with Crippen LogP contribution < -0.4 is 0 Å². The van der Waals surface area contributed by atoms with Gasteiger partial charge in [0.25, 0.3) is 0 Å². The summed E-state index contributed by atoms with van der Waals surface area (Å²) in [7, 11) is 3.44. The number of piperazine rings is 1. The third-order valence-electron chi connectivity index (χ3n) is 4.00. The lowest BCUT2D eigenvalue weighted by Crippen LogP contribution is -2.61. The lowest BCUT2D eigenvalue weighted by Gasteiger charge is -2.46. The van der Waals surface area contributed by atoms with Crippen LogP contribution in [0, 0.1) is 0 Å². The van der Waals surface area contributed by atoms with Gasteiger partial charge in [-0.05, 0) is 12.0 Å². The van der Waals surface area contributed by atoms with Crippen LogP contribution in [0.1, 0.15) is 6.42 Å². The van der Waals surface area contributed by atoms with Crippen LogP contribution in [0.3, 0.4) is 0 Å². The van der Waals surface area contributed by atoms with Gasteiger partial charge in [-0.1, -0.05) is 0 Å². The van der Waals surface area contributed by atoms with E-state index in [2.05, 4.69) is 9.80 Å². The number of hydrogen-bond acceptors (Lipinski definition) is 4. The molecule has 2 heterocycles. The number of nitrogens with zero attached hydrogens (tertiary/aromatic N) is 2. The number of halogens is 1. The van der Waals surface area contributed by atoms with E-state index in [1.54, 1.807) is 14.2 Å². The molecule has 0 aromatic rings. The molecule has 0 unspecified atom stereocenters. The number of ether oxygens (including phenoxy) is 2. The largest absolute Gasteiger partial charge is 0.383 e. The van der Waals surface area contributed by atoms with Crippen LogP contribution in [-0.4, -0.2) is 75.5 Å². The van der Waals surface area contributed by atoms with E-state index < -0.39 is 0 Å². The standard InChI is InChI=1S/C13H23FN2O2/c1-17-6-5-15-3-4-16-9-12(8-14)7-13(16,10-15)11-18-2/h8H,3-7,9-11H2,1-2H3/b12-8-/t13-/m1/s1. The van der Waals surface area contributed by atoms with E-state index in [0.29, 0.717) is 6.61 Å². The molecule has 2 aliphatic rings. The van der Waals surface area contributed by atoms with Crippen LogP contribution in [0.5, 0.6) is 0 Å². The Balaban J connectivity index is 2.05. The molecule has 0 aliphatic carbocycles. The van der Waals surface area contributed by atoms with Crippen LogP contribution in [0.2, 0.25) is 0 Å². The van der Waals surface area contributed by atoms with Gasteiger partial charge in [-0.2, -0.15) is 0 Å². The minimum atomic E-state index is -0.0430. The molecule has 0 bridgehead atoms. The monoisotopic (exact) mass is 258 g/mol. The molecule has 2 saturated heterocycles. The summed E-state index contributed by atoms with van der Waals surface area (Å²) < 4.78 is 23.3. The van der Waals surface area contributed by atoms with E-state index >= 15 is 0 Å².